The molecule has 0 aromatic heterocycles. The van der Waals surface area contributed by atoms with E-state index in [1.807, 2.05) is 0 Å². The maximum Gasteiger partial charge on any atom is 0.335 e. The van der Waals surface area contributed by atoms with E-state index in [9.17, 15) is 9.90 Å². The molecule has 0 saturated heterocycles. The number of ether oxygens (including phenoxy) is 1. The van der Waals surface area contributed by atoms with Crippen LogP contribution >= 0.6 is 0 Å². The molecule has 3 heteroatoms. The summed E-state index contributed by atoms with van der Waals surface area (Å²) < 4.78 is 4.69. The van der Waals surface area contributed by atoms with Crippen LogP contribution in [0.1, 0.15) is 38.5 Å². The van der Waals surface area contributed by atoms with Crippen LogP contribution in [-0.2, 0) is 9.53 Å². The molecule has 1 N–H and O–H groups in total. The van der Waals surface area contributed by atoms with E-state index in [4.69, 9.17) is 0 Å². The maximum atomic E-state index is 11.5. The summed E-state index contributed by atoms with van der Waals surface area (Å²) in [5, 5.41) is 10.1. The first-order chi connectivity index (χ1) is 7.67. The zero-order valence-electron chi connectivity index (χ0n) is 9.82. The summed E-state index contributed by atoms with van der Waals surface area (Å²) in [6.45, 7) is 0. The largest absolute Gasteiger partial charge is 0.467 e. The molecule has 2 bridgehead atoms. The molecule has 3 rings (SSSR count). The fourth-order valence-corrected chi connectivity index (χ4v) is 4.29. The van der Waals surface area contributed by atoms with Crippen molar-refractivity contribution in [2.24, 2.45) is 23.2 Å². The van der Waals surface area contributed by atoms with Crippen LogP contribution in [0.2, 0.25) is 0 Å². The van der Waals surface area contributed by atoms with Crippen LogP contribution in [0.3, 0.4) is 0 Å². The van der Waals surface area contributed by atoms with Gasteiger partial charge in [0.05, 0.1) is 7.11 Å². The average molecular weight is 224 g/mol. The lowest BCUT2D eigenvalue weighted by atomic mass is 9.74. The molecule has 90 valence electrons. The van der Waals surface area contributed by atoms with Gasteiger partial charge in [0.15, 0.2) is 6.10 Å². The predicted octanol–water partition coefficient (Wildman–Crippen LogP) is 1.74. The van der Waals surface area contributed by atoms with Gasteiger partial charge in [-0.25, -0.2) is 4.79 Å². The lowest BCUT2D eigenvalue weighted by Crippen LogP contribution is -2.39. The molecule has 0 aromatic carbocycles. The smallest absolute Gasteiger partial charge is 0.335 e. The molecule has 3 aliphatic carbocycles. The summed E-state index contributed by atoms with van der Waals surface area (Å²) in [7, 11) is 1.36. The van der Waals surface area contributed by atoms with E-state index in [1.54, 1.807) is 0 Å². The molecule has 0 heterocycles. The number of esters is 1. The van der Waals surface area contributed by atoms with E-state index in [0.29, 0.717) is 5.92 Å². The van der Waals surface area contributed by atoms with Gasteiger partial charge in [0, 0.05) is 5.41 Å². The van der Waals surface area contributed by atoms with Crippen molar-refractivity contribution in [1.29, 1.82) is 0 Å². The number of aliphatic hydroxyl groups is 1. The van der Waals surface area contributed by atoms with Gasteiger partial charge in [-0.15, -0.1) is 0 Å². The Kier molecular flexibility index (Phi) is 2.29. The first-order valence-electron chi connectivity index (χ1n) is 6.43. The SMILES string of the molecule is COC(=O)C(O)C1(C2CC3CCC2C3)CC1. The van der Waals surface area contributed by atoms with Gasteiger partial charge < -0.3 is 9.84 Å². The topological polar surface area (TPSA) is 46.5 Å². The van der Waals surface area contributed by atoms with Crippen LogP contribution in [-0.4, -0.2) is 24.3 Å². The third-order valence-electron chi connectivity index (χ3n) is 5.27. The number of hydrogen-bond donors (Lipinski definition) is 1. The summed E-state index contributed by atoms with van der Waals surface area (Å²) in [6.07, 6.45) is 6.39. The van der Waals surface area contributed by atoms with Crippen molar-refractivity contribution < 1.29 is 14.6 Å². The van der Waals surface area contributed by atoms with E-state index in [1.165, 1.54) is 32.8 Å². The van der Waals surface area contributed by atoms with Crippen LogP contribution in [0, 0.1) is 23.2 Å². The molecule has 0 spiro atoms. The lowest BCUT2D eigenvalue weighted by molar-refractivity contribution is -0.156. The second-order valence-corrected chi connectivity index (χ2v) is 5.94. The minimum absolute atomic E-state index is 0.104. The van der Waals surface area contributed by atoms with E-state index in [2.05, 4.69) is 4.74 Å². The van der Waals surface area contributed by atoms with Crippen molar-refractivity contribution in [2.45, 2.75) is 44.6 Å². The van der Waals surface area contributed by atoms with Crippen molar-refractivity contribution >= 4 is 5.97 Å². The molecule has 3 saturated carbocycles. The molecular weight excluding hydrogens is 204 g/mol. The first-order valence-corrected chi connectivity index (χ1v) is 6.43. The van der Waals surface area contributed by atoms with Gasteiger partial charge in [0.25, 0.3) is 0 Å². The molecule has 0 radical (unpaired) electrons. The van der Waals surface area contributed by atoms with Gasteiger partial charge in [-0.2, -0.15) is 0 Å². The Hall–Kier alpha value is -0.570. The Labute approximate surface area is 96.2 Å². The normalized spacial score (nSPS) is 40.8. The molecule has 3 nitrogen and oxygen atoms in total. The number of hydrogen-bond acceptors (Lipinski definition) is 3. The fraction of sp³-hybridized carbons (Fsp3) is 0.923. The summed E-state index contributed by atoms with van der Waals surface area (Å²) in [5.41, 5.74) is -0.104. The molecule has 0 aliphatic heterocycles. The average Bonchev–Trinajstić information content (AvgIpc) is 2.84. The molecule has 3 aliphatic rings. The van der Waals surface area contributed by atoms with Crippen LogP contribution in [0.5, 0.6) is 0 Å². The standard InChI is InChI=1S/C13H20O3/c1-16-12(15)11(14)13(4-5-13)10-7-8-2-3-9(10)6-8/h8-11,14H,2-7H2,1H3. The highest BCUT2D eigenvalue weighted by Crippen LogP contribution is 2.65. The second kappa shape index (κ2) is 3.46. The van der Waals surface area contributed by atoms with E-state index in [0.717, 1.165) is 24.7 Å². The first kappa shape index (κ1) is 10.6. The summed E-state index contributed by atoms with van der Waals surface area (Å²) in [4.78, 5) is 11.5. The minimum Gasteiger partial charge on any atom is -0.467 e. The number of aliphatic hydroxyl groups excluding tert-OH is 1. The fourth-order valence-electron chi connectivity index (χ4n) is 4.29. The summed E-state index contributed by atoms with van der Waals surface area (Å²) >= 11 is 0. The minimum atomic E-state index is -0.873. The van der Waals surface area contributed by atoms with E-state index < -0.39 is 12.1 Å². The zero-order chi connectivity index (χ0) is 11.3. The zero-order valence-corrected chi connectivity index (χ0v) is 9.82. The number of carbonyl (C=O) groups excluding carboxylic acids is 1. The van der Waals surface area contributed by atoms with Crippen LogP contribution in [0.25, 0.3) is 0 Å². The van der Waals surface area contributed by atoms with Crippen LogP contribution in [0.15, 0.2) is 0 Å². The Morgan fingerprint density at radius 3 is 2.56 bits per heavy atom. The van der Waals surface area contributed by atoms with Gasteiger partial charge >= 0.3 is 5.97 Å². The molecule has 0 aromatic rings. The quantitative estimate of drug-likeness (QED) is 0.743. The van der Waals surface area contributed by atoms with Crippen LogP contribution < -0.4 is 0 Å². The van der Waals surface area contributed by atoms with Crippen molar-refractivity contribution in [1.82, 2.24) is 0 Å². The number of rotatable bonds is 3. The second-order valence-electron chi connectivity index (χ2n) is 5.94. The number of fused-ring (bicyclic) bond motifs is 2. The summed E-state index contributed by atoms with van der Waals surface area (Å²) in [6, 6.07) is 0. The van der Waals surface area contributed by atoms with Gasteiger partial charge in [-0.1, -0.05) is 6.42 Å². The molecule has 3 fully saturated rings. The van der Waals surface area contributed by atoms with E-state index >= 15 is 0 Å². The van der Waals surface area contributed by atoms with Crippen LogP contribution in [0.4, 0.5) is 0 Å². The third-order valence-corrected chi connectivity index (χ3v) is 5.27. The van der Waals surface area contributed by atoms with Gasteiger partial charge in [0.1, 0.15) is 0 Å². The van der Waals surface area contributed by atoms with Crippen molar-refractivity contribution in [3.05, 3.63) is 0 Å². The molecule has 4 unspecified atom stereocenters. The molecule has 16 heavy (non-hydrogen) atoms. The highest BCUT2D eigenvalue weighted by atomic mass is 16.5. The Morgan fingerprint density at radius 2 is 2.12 bits per heavy atom. The summed E-state index contributed by atoms with van der Waals surface area (Å²) in [5.74, 6) is 1.80. The monoisotopic (exact) mass is 224 g/mol. The molecular formula is C13H20O3. The number of methoxy groups -OCH3 is 1. The molecule has 4 atom stereocenters. The van der Waals surface area contributed by atoms with Crippen molar-refractivity contribution in [2.75, 3.05) is 7.11 Å². The lowest BCUT2D eigenvalue weighted by Gasteiger charge is -2.32. The van der Waals surface area contributed by atoms with Gasteiger partial charge in [-0.05, 0) is 49.9 Å². The van der Waals surface area contributed by atoms with Gasteiger partial charge in [0.2, 0.25) is 0 Å². The Balaban J connectivity index is 1.76. The highest BCUT2D eigenvalue weighted by Gasteiger charge is 2.62. The maximum absolute atomic E-state index is 11.5. The van der Waals surface area contributed by atoms with Crippen molar-refractivity contribution in [3.63, 3.8) is 0 Å². The van der Waals surface area contributed by atoms with Crippen molar-refractivity contribution in [3.8, 4) is 0 Å². The Morgan fingerprint density at radius 1 is 1.38 bits per heavy atom. The Bertz CT molecular complexity index is 308. The predicted molar refractivity (Wildman–Crippen MR) is 58.6 cm³/mol. The molecule has 0 amide bonds. The van der Waals surface area contributed by atoms with E-state index in [-0.39, 0.29) is 5.41 Å². The third kappa shape index (κ3) is 1.33. The number of carbonyl (C=O) groups is 1. The highest BCUT2D eigenvalue weighted by molar-refractivity contribution is 5.76. The van der Waals surface area contributed by atoms with Gasteiger partial charge in [-0.3, -0.25) is 0 Å².